The Hall–Kier alpha value is 0.210. The van der Waals surface area contributed by atoms with Crippen molar-refractivity contribution in [2.24, 2.45) is 5.73 Å². The molecule has 0 aliphatic heterocycles. The zero-order chi connectivity index (χ0) is 6.20. The van der Waals surface area contributed by atoms with Crippen LogP contribution in [0.25, 0.3) is 0 Å². The van der Waals surface area contributed by atoms with E-state index in [1.807, 2.05) is 6.92 Å². The van der Waals surface area contributed by atoms with Gasteiger partial charge in [-0.3, -0.25) is 0 Å². The van der Waals surface area contributed by atoms with Crippen LogP contribution in [0.2, 0.25) is 0 Å². The third-order valence-corrected chi connectivity index (χ3v) is 1.72. The van der Waals surface area contributed by atoms with E-state index in [0.717, 1.165) is 13.0 Å². The van der Waals surface area contributed by atoms with Crippen LogP contribution in [0, 0.1) is 0 Å². The second kappa shape index (κ2) is 2.86. The number of hydrogen-bond acceptors (Lipinski definition) is 2. The zero-order valence-electron chi connectivity index (χ0n) is 5.89. The standard InChI is InChI=1S/C6H13NO.ClH/c1-3-8-6(2)4-5(6)7;/h5H,3-4,7H2,1-2H3;1H/t5-,6+;/m0./s1. The maximum absolute atomic E-state index is 5.56. The van der Waals surface area contributed by atoms with Gasteiger partial charge in [-0.15, -0.1) is 12.4 Å². The number of ether oxygens (including phenoxy) is 1. The Bertz CT molecular complexity index is 99.1. The molecule has 3 heteroatoms. The average Bonchev–Trinajstić information content (AvgIpc) is 2.16. The lowest BCUT2D eigenvalue weighted by molar-refractivity contribution is 0.0519. The topological polar surface area (TPSA) is 35.2 Å². The molecule has 0 aromatic rings. The van der Waals surface area contributed by atoms with Gasteiger partial charge in [0, 0.05) is 12.6 Å². The van der Waals surface area contributed by atoms with E-state index in [0.29, 0.717) is 6.04 Å². The Morgan fingerprint density at radius 2 is 2.22 bits per heavy atom. The Labute approximate surface area is 62.2 Å². The molecule has 2 N–H and O–H groups in total. The molecular weight excluding hydrogens is 138 g/mol. The van der Waals surface area contributed by atoms with Crippen molar-refractivity contribution in [2.45, 2.75) is 31.9 Å². The molecule has 0 spiro atoms. The van der Waals surface area contributed by atoms with Crippen molar-refractivity contribution in [3.05, 3.63) is 0 Å². The predicted molar refractivity (Wildman–Crippen MR) is 39.9 cm³/mol. The first-order valence-corrected chi connectivity index (χ1v) is 3.08. The molecule has 1 saturated carbocycles. The first-order valence-electron chi connectivity index (χ1n) is 3.08. The molecule has 0 unspecified atom stereocenters. The first-order chi connectivity index (χ1) is 3.69. The van der Waals surface area contributed by atoms with Crippen LogP contribution >= 0.6 is 12.4 Å². The van der Waals surface area contributed by atoms with E-state index >= 15 is 0 Å². The van der Waals surface area contributed by atoms with E-state index in [1.165, 1.54) is 0 Å². The first kappa shape index (κ1) is 9.21. The van der Waals surface area contributed by atoms with E-state index in [-0.39, 0.29) is 18.0 Å². The summed E-state index contributed by atoms with van der Waals surface area (Å²) in [6.45, 7) is 4.83. The molecule has 0 aromatic heterocycles. The Kier molecular flexibility index (Phi) is 2.93. The number of rotatable bonds is 2. The van der Waals surface area contributed by atoms with Gasteiger partial charge in [-0.05, 0) is 20.3 Å². The van der Waals surface area contributed by atoms with Crippen molar-refractivity contribution < 1.29 is 4.74 Å². The SMILES string of the molecule is CCO[C@]1(C)C[C@@H]1N.Cl. The largest absolute Gasteiger partial charge is 0.374 e. The second-order valence-electron chi connectivity index (χ2n) is 2.56. The van der Waals surface area contributed by atoms with Gasteiger partial charge in [-0.1, -0.05) is 0 Å². The van der Waals surface area contributed by atoms with Gasteiger partial charge in [0.15, 0.2) is 0 Å². The number of hydrogen-bond donors (Lipinski definition) is 1. The minimum atomic E-state index is 0. The highest BCUT2D eigenvalue weighted by atomic mass is 35.5. The summed E-state index contributed by atoms with van der Waals surface area (Å²) in [5, 5.41) is 0. The van der Waals surface area contributed by atoms with E-state index in [1.54, 1.807) is 0 Å². The summed E-state index contributed by atoms with van der Waals surface area (Å²) in [6, 6.07) is 0.294. The molecule has 0 radical (unpaired) electrons. The molecule has 1 fully saturated rings. The predicted octanol–water partition coefficient (Wildman–Crippen LogP) is 0.934. The van der Waals surface area contributed by atoms with Crippen LogP contribution < -0.4 is 5.73 Å². The summed E-state index contributed by atoms with van der Waals surface area (Å²) in [5.41, 5.74) is 5.60. The fourth-order valence-electron chi connectivity index (χ4n) is 0.873. The molecule has 9 heavy (non-hydrogen) atoms. The molecule has 1 aliphatic rings. The molecule has 1 rings (SSSR count). The van der Waals surface area contributed by atoms with Gasteiger partial charge >= 0.3 is 0 Å². The van der Waals surface area contributed by atoms with Crippen LogP contribution in [-0.4, -0.2) is 18.2 Å². The third kappa shape index (κ3) is 1.81. The van der Waals surface area contributed by atoms with Crippen LogP contribution in [0.3, 0.4) is 0 Å². The lowest BCUT2D eigenvalue weighted by Gasteiger charge is -2.07. The maximum Gasteiger partial charge on any atom is 0.0821 e. The quantitative estimate of drug-likeness (QED) is 0.638. The van der Waals surface area contributed by atoms with Gasteiger partial charge in [0.05, 0.1) is 5.60 Å². The lowest BCUT2D eigenvalue weighted by Crippen LogP contribution is -2.19. The Balaban J connectivity index is 0.000000640. The van der Waals surface area contributed by atoms with Gasteiger partial charge in [0.1, 0.15) is 0 Å². The lowest BCUT2D eigenvalue weighted by atomic mass is 10.4. The minimum absolute atomic E-state index is 0. The van der Waals surface area contributed by atoms with Crippen molar-refractivity contribution in [3.8, 4) is 0 Å². The minimum Gasteiger partial charge on any atom is -0.374 e. The second-order valence-corrected chi connectivity index (χ2v) is 2.56. The Morgan fingerprint density at radius 1 is 1.78 bits per heavy atom. The number of nitrogens with two attached hydrogens (primary N) is 1. The summed E-state index contributed by atoms with van der Waals surface area (Å²) < 4.78 is 5.33. The molecule has 2 atom stereocenters. The van der Waals surface area contributed by atoms with Gasteiger partial charge in [-0.2, -0.15) is 0 Å². The molecular formula is C6H14ClNO. The van der Waals surface area contributed by atoms with E-state index in [2.05, 4.69) is 6.92 Å². The summed E-state index contributed by atoms with van der Waals surface area (Å²) in [6.07, 6.45) is 1.03. The van der Waals surface area contributed by atoms with Crippen LogP contribution in [0.1, 0.15) is 20.3 Å². The van der Waals surface area contributed by atoms with Crippen LogP contribution in [0.5, 0.6) is 0 Å². The normalized spacial score (nSPS) is 39.7. The van der Waals surface area contributed by atoms with Gasteiger partial charge < -0.3 is 10.5 Å². The molecule has 1 aliphatic carbocycles. The van der Waals surface area contributed by atoms with Gasteiger partial charge in [0.25, 0.3) is 0 Å². The van der Waals surface area contributed by atoms with Crippen molar-refractivity contribution in [1.29, 1.82) is 0 Å². The summed E-state index contributed by atoms with van der Waals surface area (Å²) in [7, 11) is 0. The van der Waals surface area contributed by atoms with Crippen LogP contribution in [0.15, 0.2) is 0 Å². The van der Waals surface area contributed by atoms with Gasteiger partial charge in [-0.25, -0.2) is 0 Å². The van der Waals surface area contributed by atoms with Crippen molar-refractivity contribution in [3.63, 3.8) is 0 Å². The van der Waals surface area contributed by atoms with Crippen molar-refractivity contribution in [1.82, 2.24) is 0 Å². The summed E-state index contributed by atoms with van der Waals surface area (Å²) >= 11 is 0. The fraction of sp³-hybridized carbons (Fsp3) is 1.00. The van der Waals surface area contributed by atoms with E-state index in [9.17, 15) is 0 Å². The monoisotopic (exact) mass is 151 g/mol. The molecule has 0 bridgehead atoms. The van der Waals surface area contributed by atoms with Crippen LogP contribution in [0.4, 0.5) is 0 Å². The maximum atomic E-state index is 5.56. The van der Waals surface area contributed by atoms with E-state index in [4.69, 9.17) is 10.5 Å². The molecule has 0 heterocycles. The molecule has 56 valence electrons. The van der Waals surface area contributed by atoms with E-state index < -0.39 is 0 Å². The molecule has 2 nitrogen and oxygen atoms in total. The summed E-state index contributed by atoms with van der Waals surface area (Å²) in [5.74, 6) is 0. The number of halogens is 1. The molecule has 0 amide bonds. The fourth-order valence-corrected chi connectivity index (χ4v) is 0.873. The highest BCUT2D eigenvalue weighted by Gasteiger charge is 2.48. The van der Waals surface area contributed by atoms with Gasteiger partial charge in [0.2, 0.25) is 0 Å². The Morgan fingerprint density at radius 3 is 2.33 bits per heavy atom. The van der Waals surface area contributed by atoms with Crippen LogP contribution in [-0.2, 0) is 4.74 Å². The van der Waals surface area contributed by atoms with Crippen molar-refractivity contribution >= 4 is 12.4 Å². The zero-order valence-corrected chi connectivity index (χ0v) is 6.70. The average molecular weight is 152 g/mol. The molecule has 0 aromatic carbocycles. The highest BCUT2D eigenvalue weighted by Crippen LogP contribution is 2.37. The molecule has 0 saturated heterocycles. The third-order valence-electron chi connectivity index (χ3n) is 1.72. The summed E-state index contributed by atoms with van der Waals surface area (Å²) in [4.78, 5) is 0. The highest BCUT2D eigenvalue weighted by molar-refractivity contribution is 5.85. The van der Waals surface area contributed by atoms with Crippen molar-refractivity contribution in [2.75, 3.05) is 6.61 Å². The smallest absolute Gasteiger partial charge is 0.0821 e.